The zero-order chi connectivity index (χ0) is 16.4. The van der Waals surface area contributed by atoms with Gasteiger partial charge in [-0.25, -0.2) is 0 Å². The van der Waals surface area contributed by atoms with E-state index < -0.39 is 11.0 Å². The third-order valence-electron chi connectivity index (χ3n) is 4.09. The van der Waals surface area contributed by atoms with E-state index >= 15 is 0 Å². The molecule has 0 unspecified atom stereocenters. The van der Waals surface area contributed by atoms with Gasteiger partial charge in [0.2, 0.25) is 5.78 Å². The molecule has 0 radical (unpaired) electrons. The molecule has 0 heterocycles. The Morgan fingerprint density at radius 2 is 1.96 bits per heavy atom. The molecule has 0 aliphatic heterocycles. The molecule has 5 heteroatoms. The normalized spacial score (nSPS) is 14.1. The van der Waals surface area contributed by atoms with Crippen LogP contribution in [0.2, 0.25) is 0 Å². The van der Waals surface area contributed by atoms with E-state index in [0.717, 1.165) is 19.3 Å². The van der Waals surface area contributed by atoms with Gasteiger partial charge < -0.3 is 4.74 Å². The van der Waals surface area contributed by atoms with Crippen molar-refractivity contribution in [3.63, 3.8) is 0 Å². The molecule has 1 aliphatic carbocycles. The van der Waals surface area contributed by atoms with Crippen LogP contribution >= 0.6 is 0 Å². The molecule has 23 heavy (non-hydrogen) atoms. The highest BCUT2D eigenvalue weighted by atomic mass is 16.6. The summed E-state index contributed by atoms with van der Waals surface area (Å²) in [5.41, 5.74) is 3.12. The number of carbonyl (C=O) groups excluding carboxylic acids is 1. The molecule has 0 saturated carbocycles. The number of hydrogen-bond acceptors (Lipinski definition) is 4. The van der Waals surface area contributed by atoms with Gasteiger partial charge in [0, 0.05) is 11.6 Å². The summed E-state index contributed by atoms with van der Waals surface area (Å²) >= 11 is 0. The first-order chi connectivity index (χ1) is 11.0. The Labute approximate surface area is 134 Å². The molecule has 2 aromatic carbocycles. The van der Waals surface area contributed by atoms with Crippen molar-refractivity contribution in [3.05, 3.63) is 69.3 Å². The van der Waals surface area contributed by atoms with Crippen LogP contribution in [0.3, 0.4) is 0 Å². The fourth-order valence-electron chi connectivity index (χ4n) is 2.89. The maximum atomic E-state index is 12.5. The number of rotatable bonds is 5. The van der Waals surface area contributed by atoms with Crippen molar-refractivity contribution in [1.29, 1.82) is 0 Å². The van der Waals surface area contributed by atoms with Gasteiger partial charge >= 0.3 is 0 Å². The lowest BCUT2D eigenvalue weighted by Gasteiger charge is -2.14. The van der Waals surface area contributed by atoms with Crippen LogP contribution < -0.4 is 4.74 Å². The average Bonchev–Trinajstić information content (AvgIpc) is 3.01. The smallest absolute Gasteiger partial charge is 0.273 e. The second-order valence-electron chi connectivity index (χ2n) is 5.72. The first-order valence-corrected chi connectivity index (χ1v) is 7.62. The Hall–Kier alpha value is -2.69. The summed E-state index contributed by atoms with van der Waals surface area (Å²) < 4.78 is 5.59. The number of nitro groups is 1. The third-order valence-corrected chi connectivity index (χ3v) is 4.09. The molecule has 0 spiro atoms. The number of ether oxygens (including phenoxy) is 1. The molecular weight excluding hydrogens is 294 g/mol. The number of Topliss-reactive ketones (excluding diaryl/α,β-unsaturated/α-hetero) is 1. The Morgan fingerprint density at radius 3 is 2.74 bits per heavy atom. The van der Waals surface area contributed by atoms with Gasteiger partial charge in [-0.1, -0.05) is 18.2 Å². The van der Waals surface area contributed by atoms with E-state index in [9.17, 15) is 14.9 Å². The zero-order valence-corrected chi connectivity index (χ0v) is 12.8. The predicted molar refractivity (Wildman–Crippen MR) is 86.0 cm³/mol. The van der Waals surface area contributed by atoms with Crippen molar-refractivity contribution in [1.82, 2.24) is 0 Å². The van der Waals surface area contributed by atoms with Gasteiger partial charge in [-0.15, -0.1) is 0 Å². The van der Waals surface area contributed by atoms with Crippen LogP contribution in [0, 0.1) is 10.1 Å². The van der Waals surface area contributed by atoms with E-state index in [0.29, 0.717) is 11.3 Å². The Kier molecular flexibility index (Phi) is 4.10. The number of hydrogen-bond donors (Lipinski definition) is 0. The fraction of sp³-hybridized carbons (Fsp3) is 0.278. The number of aryl methyl sites for hydroxylation is 2. The average molecular weight is 311 g/mol. The minimum atomic E-state index is -0.698. The molecule has 3 rings (SSSR count). The van der Waals surface area contributed by atoms with E-state index in [1.807, 2.05) is 18.2 Å². The van der Waals surface area contributed by atoms with Gasteiger partial charge in [-0.05, 0) is 49.4 Å². The molecule has 0 aromatic heterocycles. The van der Waals surface area contributed by atoms with Crippen molar-refractivity contribution in [2.45, 2.75) is 32.3 Å². The third kappa shape index (κ3) is 3.23. The molecule has 0 saturated heterocycles. The number of nitrogens with zero attached hydrogens (tertiary/aromatic N) is 1. The molecule has 1 aliphatic rings. The summed E-state index contributed by atoms with van der Waals surface area (Å²) in [5.74, 6) is 0.201. The Morgan fingerprint density at radius 1 is 1.17 bits per heavy atom. The SMILES string of the molecule is C[C@@H](Oc1cccc([N+](=O)[O-])c1)C(=O)c1ccc2c(c1)CCC2. The van der Waals surface area contributed by atoms with Gasteiger partial charge in [0.25, 0.3) is 5.69 Å². The largest absolute Gasteiger partial charge is 0.482 e. The maximum Gasteiger partial charge on any atom is 0.273 e. The topological polar surface area (TPSA) is 69.4 Å². The number of fused-ring (bicyclic) bond motifs is 1. The maximum absolute atomic E-state index is 12.5. The minimum Gasteiger partial charge on any atom is -0.482 e. The molecule has 0 fully saturated rings. The highest BCUT2D eigenvalue weighted by molar-refractivity contribution is 5.99. The van der Waals surface area contributed by atoms with Crippen LogP contribution in [0.25, 0.3) is 0 Å². The summed E-state index contributed by atoms with van der Waals surface area (Å²) in [5, 5.41) is 10.8. The Balaban J connectivity index is 1.75. The number of benzene rings is 2. The second-order valence-corrected chi connectivity index (χ2v) is 5.72. The first kappa shape index (κ1) is 15.2. The van der Waals surface area contributed by atoms with Crippen LogP contribution in [0.4, 0.5) is 5.69 Å². The van der Waals surface area contributed by atoms with Crippen LogP contribution in [0.5, 0.6) is 5.75 Å². The van der Waals surface area contributed by atoms with E-state index in [2.05, 4.69) is 0 Å². The van der Waals surface area contributed by atoms with Gasteiger partial charge in [0.15, 0.2) is 6.10 Å². The summed E-state index contributed by atoms with van der Waals surface area (Å²) in [6.45, 7) is 1.66. The molecule has 2 aromatic rings. The lowest BCUT2D eigenvalue weighted by Crippen LogP contribution is -2.24. The molecule has 5 nitrogen and oxygen atoms in total. The fourth-order valence-corrected chi connectivity index (χ4v) is 2.89. The molecule has 0 N–H and O–H groups in total. The highest BCUT2D eigenvalue weighted by Gasteiger charge is 2.20. The molecule has 0 bridgehead atoms. The summed E-state index contributed by atoms with van der Waals surface area (Å²) in [6, 6.07) is 11.7. The van der Waals surface area contributed by atoms with Gasteiger partial charge in [0.05, 0.1) is 11.0 Å². The number of non-ortho nitro benzene ring substituents is 1. The van der Waals surface area contributed by atoms with Crippen LogP contribution in [0.1, 0.15) is 34.8 Å². The van der Waals surface area contributed by atoms with E-state index in [-0.39, 0.29) is 11.5 Å². The summed E-state index contributed by atoms with van der Waals surface area (Å²) in [6.07, 6.45) is 2.52. The van der Waals surface area contributed by atoms with Gasteiger partial charge in [0.1, 0.15) is 5.75 Å². The molecular formula is C18H17NO4. The monoisotopic (exact) mass is 311 g/mol. The quantitative estimate of drug-likeness (QED) is 0.479. The predicted octanol–water partition coefficient (Wildman–Crippen LogP) is 3.73. The number of nitro benzene ring substituents is 1. The number of carbonyl (C=O) groups is 1. The minimum absolute atomic E-state index is 0.0559. The second kappa shape index (κ2) is 6.20. The van der Waals surface area contributed by atoms with Gasteiger partial charge in [-0.3, -0.25) is 14.9 Å². The number of ketones is 1. The molecule has 0 amide bonds. The van der Waals surface area contributed by atoms with Crippen molar-refractivity contribution in [2.75, 3.05) is 0 Å². The lowest BCUT2D eigenvalue weighted by atomic mass is 10.0. The molecule has 1 atom stereocenters. The van der Waals surface area contributed by atoms with E-state index in [4.69, 9.17) is 4.74 Å². The van der Waals surface area contributed by atoms with E-state index in [1.54, 1.807) is 19.1 Å². The highest BCUT2D eigenvalue weighted by Crippen LogP contribution is 2.25. The van der Waals surface area contributed by atoms with Crippen LogP contribution in [0.15, 0.2) is 42.5 Å². The summed E-state index contributed by atoms with van der Waals surface area (Å²) in [4.78, 5) is 22.8. The standard InChI is InChI=1S/C18H17NO4/c1-12(23-17-7-3-6-16(11-17)19(21)22)18(20)15-9-8-13-4-2-5-14(13)10-15/h3,6-12H,2,4-5H2,1H3/t12-/m1/s1. The zero-order valence-electron chi connectivity index (χ0n) is 12.8. The lowest BCUT2D eigenvalue weighted by molar-refractivity contribution is -0.384. The summed E-state index contributed by atoms with van der Waals surface area (Å²) in [7, 11) is 0. The Bertz CT molecular complexity index is 769. The molecule has 118 valence electrons. The first-order valence-electron chi connectivity index (χ1n) is 7.62. The van der Waals surface area contributed by atoms with Gasteiger partial charge in [-0.2, -0.15) is 0 Å². The van der Waals surface area contributed by atoms with Crippen molar-refractivity contribution in [2.24, 2.45) is 0 Å². The van der Waals surface area contributed by atoms with Crippen LogP contribution in [-0.2, 0) is 12.8 Å². The van der Waals surface area contributed by atoms with E-state index in [1.165, 1.54) is 23.3 Å². The van der Waals surface area contributed by atoms with Crippen molar-refractivity contribution in [3.8, 4) is 5.75 Å². The van der Waals surface area contributed by atoms with Crippen molar-refractivity contribution >= 4 is 11.5 Å². The van der Waals surface area contributed by atoms with Crippen LogP contribution in [-0.4, -0.2) is 16.8 Å². The van der Waals surface area contributed by atoms with Crippen molar-refractivity contribution < 1.29 is 14.5 Å².